The molecule has 0 amide bonds. The fourth-order valence-electron chi connectivity index (χ4n) is 1.24. The third-order valence-electron chi connectivity index (χ3n) is 1.83. The Labute approximate surface area is 92.3 Å². The Kier molecular flexibility index (Phi) is 4.94. The van der Waals surface area contributed by atoms with E-state index < -0.39 is 6.61 Å². The summed E-state index contributed by atoms with van der Waals surface area (Å²) in [6.45, 7) is -0.300. The second-order valence-corrected chi connectivity index (χ2v) is 2.97. The zero-order chi connectivity index (χ0) is 12.0. The Hall–Kier alpha value is -1.40. The first-order valence-corrected chi connectivity index (χ1v) is 4.81. The minimum Gasteiger partial charge on any atom is -0.490 e. The topological polar surface area (TPSA) is 56.5 Å². The Bertz CT molecular complexity index is 335. The highest BCUT2D eigenvalue weighted by Gasteiger charge is 2.11. The average molecular weight is 232 g/mol. The minimum atomic E-state index is -2.86. The van der Waals surface area contributed by atoms with E-state index in [1.54, 1.807) is 19.1 Å². The van der Waals surface area contributed by atoms with Gasteiger partial charge in [-0.1, -0.05) is 6.07 Å². The Morgan fingerprint density at radius 2 is 2.12 bits per heavy atom. The van der Waals surface area contributed by atoms with Crippen LogP contribution in [-0.4, -0.2) is 13.2 Å². The summed E-state index contributed by atoms with van der Waals surface area (Å²) in [4.78, 5) is 0. The maximum atomic E-state index is 12.1. The Morgan fingerprint density at radius 1 is 1.38 bits per heavy atom. The number of hydrazine groups is 1. The number of nitrogens with two attached hydrogens (primary N) is 1. The van der Waals surface area contributed by atoms with Crippen LogP contribution >= 0.6 is 0 Å². The molecule has 0 atom stereocenters. The number of halogens is 2. The summed E-state index contributed by atoms with van der Waals surface area (Å²) in [5.41, 5.74) is 3.30. The highest BCUT2D eigenvalue weighted by atomic mass is 19.3. The predicted molar refractivity (Wildman–Crippen MR) is 55.3 cm³/mol. The zero-order valence-electron chi connectivity index (χ0n) is 8.87. The van der Waals surface area contributed by atoms with Crippen molar-refractivity contribution in [3.8, 4) is 11.5 Å². The highest BCUT2D eigenvalue weighted by molar-refractivity contribution is 5.43. The van der Waals surface area contributed by atoms with Crippen LogP contribution in [-0.2, 0) is 6.54 Å². The second-order valence-electron chi connectivity index (χ2n) is 2.97. The molecule has 6 heteroatoms. The van der Waals surface area contributed by atoms with Gasteiger partial charge < -0.3 is 9.47 Å². The van der Waals surface area contributed by atoms with Gasteiger partial charge in [-0.3, -0.25) is 11.3 Å². The normalized spacial score (nSPS) is 10.6. The van der Waals surface area contributed by atoms with Crippen LogP contribution in [0.15, 0.2) is 18.2 Å². The lowest BCUT2D eigenvalue weighted by Gasteiger charge is -2.12. The lowest BCUT2D eigenvalue weighted by molar-refractivity contribution is -0.0514. The van der Waals surface area contributed by atoms with Crippen molar-refractivity contribution in [1.82, 2.24) is 5.43 Å². The summed E-state index contributed by atoms with van der Waals surface area (Å²) in [5.74, 6) is 5.47. The summed E-state index contributed by atoms with van der Waals surface area (Å²) in [6.07, 6.45) is 0. The summed E-state index contributed by atoms with van der Waals surface area (Å²) in [5, 5.41) is 0. The summed E-state index contributed by atoms with van der Waals surface area (Å²) >= 11 is 0. The van der Waals surface area contributed by atoms with Gasteiger partial charge in [0.25, 0.3) is 0 Å². The summed E-state index contributed by atoms with van der Waals surface area (Å²) in [7, 11) is 0. The van der Waals surface area contributed by atoms with Crippen LogP contribution in [0.3, 0.4) is 0 Å². The highest BCUT2D eigenvalue weighted by Crippen LogP contribution is 2.29. The summed E-state index contributed by atoms with van der Waals surface area (Å²) in [6, 6.07) is 4.69. The van der Waals surface area contributed by atoms with Crippen molar-refractivity contribution < 1.29 is 18.3 Å². The van der Waals surface area contributed by atoms with Crippen LogP contribution in [0.25, 0.3) is 0 Å². The maximum Gasteiger partial charge on any atom is 0.387 e. The van der Waals surface area contributed by atoms with Crippen LogP contribution in [0.4, 0.5) is 8.78 Å². The zero-order valence-corrected chi connectivity index (χ0v) is 8.87. The number of nitrogens with one attached hydrogen (secondary N) is 1. The predicted octanol–water partition coefficient (Wildman–Crippen LogP) is 1.65. The number of alkyl halides is 2. The molecule has 0 radical (unpaired) electrons. The average Bonchev–Trinajstić information content (AvgIpc) is 2.22. The molecule has 1 aromatic carbocycles. The molecule has 0 fully saturated rings. The van der Waals surface area contributed by atoms with Crippen LogP contribution in [0, 0.1) is 0 Å². The molecular weight excluding hydrogens is 218 g/mol. The molecular formula is C10H14F2N2O2. The SMILES string of the molecule is CCOc1cc(CNN)ccc1OC(F)F. The third kappa shape index (κ3) is 3.63. The van der Waals surface area contributed by atoms with Crippen molar-refractivity contribution >= 4 is 0 Å². The van der Waals surface area contributed by atoms with Gasteiger partial charge in [-0.25, -0.2) is 0 Å². The quantitative estimate of drug-likeness (QED) is 0.578. The van der Waals surface area contributed by atoms with Crippen molar-refractivity contribution in [1.29, 1.82) is 0 Å². The molecule has 0 aliphatic carbocycles. The first-order valence-electron chi connectivity index (χ1n) is 4.81. The van der Waals surface area contributed by atoms with Crippen LogP contribution in [0.2, 0.25) is 0 Å². The molecule has 4 nitrogen and oxygen atoms in total. The first-order chi connectivity index (χ1) is 7.67. The van der Waals surface area contributed by atoms with E-state index >= 15 is 0 Å². The molecule has 16 heavy (non-hydrogen) atoms. The van der Waals surface area contributed by atoms with Crippen molar-refractivity contribution in [2.45, 2.75) is 20.1 Å². The molecule has 0 heterocycles. The van der Waals surface area contributed by atoms with Gasteiger partial charge in [0.05, 0.1) is 6.61 Å². The molecule has 0 aromatic heterocycles. The van der Waals surface area contributed by atoms with Crippen molar-refractivity contribution in [3.05, 3.63) is 23.8 Å². The van der Waals surface area contributed by atoms with Crippen LogP contribution in [0.5, 0.6) is 11.5 Å². The number of rotatable bonds is 6. The van der Waals surface area contributed by atoms with Gasteiger partial charge in [0.1, 0.15) is 0 Å². The standard InChI is InChI=1S/C10H14F2N2O2/c1-2-15-9-5-7(6-14-13)3-4-8(9)16-10(11)12/h3-5,10,14H,2,6,13H2,1H3. The smallest absolute Gasteiger partial charge is 0.387 e. The van der Waals surface area contributed by atoms with Crippen LogP contribution < -0.4 is 20.7 Å². The van der Waals surface area contributed by atoms with Gasteiger partial charge in [0, 0.05) is 6.54 Å². The lowest BCUT2D eigenvalue weighted by atomic mass is 10.2. The van der Waals surface area contributed by atoms with Crippen LogP contribution in [0.1, 0.15) is 12.5 Å². The third-order valence-corrected chi connectivity index (χ3v) is 1.83. The van der Waals surface area contributed by atoms with Gasteiger partial charge >= 0.3 is 6.61 Å². The fourth-order valence-corrected chi connectivity index (χ4v) is 1.24. The molecule has 0 saturated heterocycles. The van der Waals surface area contributed by atoms with E-state index in [0.29, 0.717) is 13.2 Å². The van der Waals surface area contributed by atoms with Crippen molar-refractivity contribution in [2.75, 3.05) is 6.61 Å². The van der Waals surface area contributed by atoms with E-state index in [2.05, 4.69) is 10.2 Å². The molecule has 1 rings (SSSR count). The van der Waals surface area contributed by atoms with Gasteiger partial charge in [0.15, 0.2) is 11.5 Å². The fraction of sp³-hybridized carbons (Fsp3) is 0.400. The Morgan fingerprint density at radius 3 is 2.69 bits per heavy atom. The van der Waals surface area contributed by atoms with Crippen molar-refractivity contribution in [2.24, 2.45) is 5.84 Å². The summed E-state index contributed by atoms with van der Waals surface area (Å²) < 4.78 is 33.7. The number of hydrogen-bond donors (Lipinski definition) is 2. The molecule has 0 spiro atoms. The molecule has 0 bridgehead atoms. The molecule has 0 saturated carbocycles. The molecule has 90 valence electrons. The van der Waals surface area contributed by atoms with E-state index in [1.165, 1.54) is 6.07 Å². The Balaban J connectivity index is 2.89. The molecule has 0 unspecified atom stereocenters. The number of hydrogen-bond acceptors (Lipinski definition) is 4. The van der Waals surface area contributed by atoms with Gasteiger partial charge in [-0.2, -0.15) is 8.78 Å². The molecule has 0 aliphatic rings. The van der Waals surface area contributed by atoms with Crippen molar-refractivity contribution in [3.63, 3.8) is 0 Å². The largest absolute Gasteiger partial charge is 0.490 e. The molecule has 0 aliphatic heterocycles. The monoisotopic (exact) mass is 232 g/mol. The van der Waals surface area contributed by atoms with E-state index in [0.717, 1.165) is 5.56 Å². The second kappa shape index (κ2) is 6.24. The van der Waals surface area contributed by atoms with E-state index in [4.69, 9.17) is 10.6 Å². The molecule has 3 N–H and O–H groups in total. The minimum absolute atomic E-state index is 0.0256. The van der Waals surface area contributed by atoms with Gasteiger partial charge in [-0.05, 0) is 24.6 Å². The lowest BCUT2D eigenvalue weighted by Crippen LogP contribution is -2.20. The molecule has 1 aromatic rings. The van der Waals surface area contributed by atoms with Gasteiger partial charge in [0.2, 0.25) is 0 Å². The first kappa shape index (κ1) is 12.7. The number of ether oxygens (including phenoxy) is 2. The maximum absolute atomic E-state index is 12.1. The number of benzene rings is 1. The van der Waals surface area contributed by atoms with E-state index in [-0.39, 0.29) is 11.5 Å². The van der Waals surface area contributed by atoms with Gasteiger partial charge in [-0.15, -0.1) is 0 Å². The van der Waals surface area contributed by atoms with E-state index in [1.807, 2.05) is 0 Å². The van der Waals surface area contributed by atoms with E-state index in [9.17, 15) is 8.78 Å².